The zero-order chi connectivity index (χ0) is 24.1. The van der Waals surface area contributed by atoms with Crippen molar-refractivity contribution in [3.63, 3.8) is 0 Å². The van der Waals surface area contributed by atoms with Crippen molar-refractivity contribution in [2.45, 2.75) is 56.0 Å². The Hall–Kier alpha value is -2.84. The summed E-state index contributed by atoms with van der Waals surface area (Å²) < 4.78 is 114. The molecule has 0 aliphatic carbocycles. The van der Waals surface area contributed by atoms with Gasteiger partial charge in [-0.25, -0.2) is 13.8 Å². The number of nitrogens with zero attached hydrogens (tertiary/aromatic N) is 3. The highest BCUT2D eigenvalue weighted by atomic mass is 19.4. The van der Waals surface area contributed by atoms with Crippen LogP contribution in [-0.2, 0) is 11.8 Å². The first kappa shape index (κ1) is 23.8. The van der Waals surface area contributed by atoms with Gasteiger partial charge < -0.3 is 15.3 Å². The van der Waals surface area contributed by atoms with Gasteiger partial charge in [0.2, 0.25) is 11.5 Å². The summed E-state index contributed by atoms with van der Waals surface area (Å²) in [5.74, 6) is -7.43. The van der Waals surface area contributed by atoms with E-state index < -0.39 is 96.2 Å². The maximum Gasteiger partial charge on any atom is 0.426 e. The van der Waals surface area contributed by atoms with E-state index >= 15 is 0 Å². The van der Waals surface area contributed by atoms with Crippen LogP contribution in [0.5, 0.6) is 0 Å². The van der Waals surface area contributed by atoms with Gasteiger partial charge in [-0.2, -0.15) is 26.3 Å². The highest BCUT2D eigenvalue weighted by Gasteiger charge is 2.59. The van der Waals surface area contributed by atoms with Crippen molar-refractivity contribution in [2.75, 3.05) is 5.73 Å². The standard InChI is InChI=1S/C17H14F8N4O3/c18-14(19)3-1-4-15(31,17(23,24)25)13-29-28-12(32-13)11-8(26)6-7(16(20,21)22)10(27-11)9(30)2-5-14/h6,31H,1-5,26H2/t15-/m0/s1. The molecule has 3 rings (SSSR count). The number of aromatic nitrogens is 3. The number of ketones is 1. The van der Waals surface area contributed by atoms with Gasteiger partial charge in [-0.3, -0.25) is 4.79 Å². The molecule has 1 aliphatic heterocycles. The van der Waals surface area contributed by atoms with Crippen LogP contribution in [0.2, 0.25) is 0 Å². The molecule has 0 saturated carbocycles. The molecule has 176 valence electrons. The lowest BCUT2D eigenvalue weighted by molar-refractivity contribution is -0.278. The molecular weight excluding hydrogens is 460 g/mol. The van der Waals surface area contributed by atoms with Gasteiger partial charge >= 0.3 is 12.4 Å². The van der Waals surface area contributed by atoms with Crippen molar-refractivity contribution >= 4 is 11.5 Å². The van der Waals surface area contributed by atoms with Crippen molar-refractivity contribution < 1.29 is 49.4 Å². The number of carbonyl (C=O) groups is 1. The Bertz CT molecular complexity index is 1030. The monoisotopic (exact) mass is 474 g/mol. The zero-order valence-corrected chi connectivity index (χ0v) is 15.8. The average Bonchev–Trinajstić information content (AvgIpc) is 3.13. The minimum absolute atomic E-state index is 0.263. The molecule has 32 heavy (non-hydrogen) atoms. The summed E-state index contributed by atoms with van der Waals surface area (Å²) in [6.07, 6.45) is -16.2. The summed E-state index contributed by atoms with van der Waals surface area (Å²) in [7, 11) is 0. The first-order chi connectivity index (χ1) is 14.6. The van der Waals surface area contributed by atoms with Crippen LogP contribution >= 0.6 is 0 Å². The summed E-state index contributed by atoms with van der Waals surface area (Å²) in [6, 6.07) is 0.263. The summed E-state index contributed by atoms with van der Waals surface area (Å²) >= 11 is 0. The number of anilines is 1. The first-order valence-electron chi connectivity index (χ1n) is 8.97. The van der Waals surface area contributed by atoms with Gasteiger partial charge in [-0.05, 0) is 18.9 Å². The number of carbonyl (C=O) groups excluding carboxylic acids is 1. The molecule has 0 radical (unpaired) electrons. The lowest BCUT2D eigenvalue weighted by Crippen LogP contribution is -2.43. The molecule has 4 bridgehead atoms. The van der Waals surface area contributed by atoms with Gasteiger partial charge in [0.25, 0.3) is 11.8 Å². The third-order valence-corrected chi connectivity index (χ3v) is 4.87. The topological polar surface area (TPSA) is 115 Å². The summed E-state index contributed by atoms with van der Waals surface area (Å²) in [5, 5.41) is 16.5. The number of hydrogen-bond donors (Lipinski definition) is 2. The fraction of sp³-hybridized carbons (Fsp3) is 0.529. The Morgan fingerprint density at radius 1 is 1.03 bits per heavy atom. The van der Waals surface area contributed by atoms with Gasteiger partial charge in [-0.15, -0.1) is 10.2 Å². The van der Waals surface area contributed by atoms with Crippen LogP contribution in [0.3, 0.4) is 0 Å². The highest BCUT2D eigenvalue weighted by Crippen LogP contribution is 2.44. The number of nitrogen functional groups attached to an aromatic ring is 1. The molecule has 1 atom stereocenters. The van der Waals surface area contributed by atoms with Crippen LogP contribution in [0.25, 0.3) is 11.6 Å². The van der Waals surface area contributed by atoms with Crippen LogP contribution in [0.15, 0.2) is 10.5 Å². The first-order valence-corrected chi connectivity index (χ1v) is 8.97. The molecule has 0 fully saturated rings. The van der Waals surface area contributed by atoms with Crippen LogP contribution < -0.4 is 5.73 Å². The summed E-state index contributed by atoms with van der Waals surface area (Å²) in [5.41, 5.74) is -2.75. The Kier molecular flexibility index (Phi) is 5.68. The predicted molar refractivity (Wildman–Crippen MR) is 89.3 cm³/mol. The lowest BCUT2D eigenvalue weighted by Gasteiger charge is -2.27. The predicted octanol–water partition coefficient (Wildman–Crippen LogP) is 4.26. The van der Waals surface area contributed by atoms with Crippen molar-refractivity contribution in [3.8, 4) is 11.6 Å². The quantitative estimate of drug-likeness (QED) is 0.548. The second-order valence-corrected chi connectivity index (χ2v) is 7.22. The highest BCUT2D eigenvalue weighted by molar-refractivity contribution is 5.97. The minimum Gasteiger partial charge on any atom is -0.416 e. The van der Waals surface area contributed by atoms with Crippen molar-refractivity contribution in [2.24, 2.45) is 0 Å². The van der Waals surface area contributed by atoms with Crippen LogP contribution in [0, 0.1) is 0 Å². The van der Waals surface area contributed by atoms with Crippen molar-refractivity contribution in [1.82, 2.24) is 15.2 Å². The second-order valence-electron chi connectivity index (χ2n) is 7.22. The van der Waals surface area contributed by atoms with E-state index in [1.807, 2.05) is 0 Å². The molecule has 0 aromatic carbocycles. The number of Topliss-reactive ketones (excluding diaryl/α,β-unsaturated/α-hetero) is 1. The molecule has 0 saturated heterocycles. The number of hydrogen-bond acceptors (Lipinski definition) is 7. The van der Waals surface area contributed by atoms with Gasteiger partial charge in [0.05, 0.1) is 11.3 Å². The number of halogens is 8. The number of alkyl halides is 8. The molecule has 2 aromatic heterocycles. The van der Waals surface area contributed by atoms with E-state index in [1.165, 1.54) is 0 Å². The number of fused-ring (bicyclic) bond motifs is 5. The van der Waals surface area contributed by atoms with Crippen LogP contribution in [0.4, 0.5) is 40.8 Å². The van der Waals surface area contributed by atoms with Crippen molar-refractivity contribution in [3.05, 3.63) is 23.2 Å². The molecule has 3 heterocycles. The fourth-order valence-electron chi connectivity index (χ4n) is 3.13. The average molecular weight is 474 g/mol. The molecule has 0 unspecified atom stereocenters. The molecule has 7 nitrogen and oxygen atoms in total. The second kappa shape index (κ2) is 7.64. The summed E-state index contributed by atoms with van der Waals surface area (Å²) in [4.78, 5) is 15.7. The Balaban J connectivity index is 2.24. The smallest absolute Gasteiger partial charge is 0.416 e. The minimum atomic E-state index is -5.41. The van der Waals surface area contributed by atoms with Gasteiger partial charge in [-0.1, -0.05) is 0 Å². The van der Waals surface area contributed by atoms with E-state index in [0.717, 1.165) is 0 Å². The van der Waals surface area contributed by atoms with Gasteiger partial charge in [0.1, 0.15) is 5.69 Å². The molecular formula is C17H14F8N4O3. The molecule has 3 N–H and O–H groups in total. The number of pyridine rings is 1. The van der Waals surface area contributed by atoms with E-state index in [4.69, 9.17) is 10.2 Å². The van der Waals surface area contributed by atoms with E-state index in [-0.39, 0.29) is 6.07 Å². The number of nitrogens with two attached hydrogens (primary N) is 1. The van der Waals surface area contributed by atoms with Crippen LogP contribution in [0.1, 0.15) is 54.0 Å². The van der Waals surface area contributed by atoms with E-state index in [2.05, 4.69) is 15.2 Å². The maximum atomic E-state index is 14.1. The third kappa shape index (κ3) is 4.38. The van der Waals surface area contributed by atoms with Gasteiger partial charge in [0, 0.05) is 19.3 Å². The molecule has 2 aromatic rings. The Morgan fingerprint density at radius 2 is 1.69 bits per heavy atom. The number of aliphatic hydroxyl groups is 1. The van der Waals surface area contributed by atoms with E-state index in [9.17, 15) is 45.0 Å². The zero-order valence-electron chi connectivity index (χ0n) is 15.8. The summed E-state index contributed by atoms with van der Waals surface area (Å²) in [6.45, 7) is 0. The lowest BCUT2D eigenvalue weighted by atomic mass is 9.93. The Labute approximate surface area is 173 Å². The van der Waals surface area contributed by atoms with Crippen LogP contribution in [-0.4, -0.2) is 38.2 Å². The van der Waals surface area contributed by atoms with Gasteiger partial charge in [0.15, 0.2) is 11.5 Å². The molecule has 0 amide bonds. The fourth-order valence-corrected chi connectivity index (χ4v) is 3.13. The third-order valence-electron chi connectivity index (χ3n) is 4.87. The maximum absolute atomic E-state index is 14.1. The van der Waals surface area contributed by atoms with E-state index in [1.54, 1.807) is 0 Å². The largest absolute Gasteiger partial charge is 0.426 e. The molecule has 1 aliphatic rings. The van der Waals surface area contributed by atoms with E-state index in [0.29, 0.717) is 0 Å². The SMILES string of the molecule is Nc1cc(C(F)(F)F)c2nc1-c1nnc(o1)[C@](O)(C(F)(F)F)CCCC(F)(F)CCC2=O. The number of rotatable bonds is 0. The molecule has 0 spiro atoms. The molecule has 15 heteroatoms. The van der Waals surface area contributed by atoms with Crippen molar-refractivity contribution in [1.29, 1.82) is 0 Å². The normalized spacial score (nSPS) is 22.5. The Morgan fingerprint density at radius 3 is 2.28 bits per heavy atom.